The van der Waals surface area contributed by atoms with Crippen LogP contribution in [-0.4, -0.2) is 30.2 Å². The summed E-state index contributed by atoms with van der Waals surface area (Å²) in [6, 6.07) is 7.60. The molecule has 0 aromatic heterocycles. The molecule has 4 heteroatoms. The van der Waals surface area contributed by atoms with Crippen molar-refractivity contribution in [2.45, 2.75) is 38.3 Å². The smallest absolute Gasteiger partial charge is 0.322 e. The number of carbonyl (C=O) groups is 1. The molecule has 0 aliphatic carbocycles. The van der Waals surface area contributed by atoms with E-state index in [9.17, 15) is 9.90 Å². The van der Waals surface area contributed by atoms with Gasteiger partial charge in [-0.25, -0.2) is 0 Å². The standard InChI is InChI=1S/C15H22N2O2/c1-3-10(2)11-4-6-12(7-5-11)13-14(15(18)19)17-9-8-16-13/h4-7,10,13-14,16-17H,3,8-9H2,1-2H3,(H,18,19). The maximum Gasteiger partial charge on any atom is 0.322 e. The zero-order chi connectivity index (χ0) is 13.8. The summed E-state index contributed by atoms with van der Waals surface area (Å²) in [6.07, 6.45) is 1.11. The lowest BCUT2D eigenvalue weighted by atomic mass is 9.93. The summed E-state index contributed by atoms with van der Waals surface area (Å²) < 4.78 is 0. The van der Waals surface area contributed by atoms with E-state index in [0.717, 1.165) is 18.5 Å². The molecule has 3 atom stereocenters. The van der Waals surface area contributed by atoms with E-state index >= 15 is 0 Å². The van der Waals surface area contributed by atoms with Gasteiger partial charge in [0.2, 0.25) is 0 Å². The highest BCUT2D eigenvalue weighted by Crippen LogP contribution is 2.23. The summed E-state index contributed by atoms with van der Waals surface area (Å²) >= 11 is 0. The zero-order valence-corrected chi connectivity index (χ0v) is 11.5. The van der Waals surface area contributed by atoms with E-state index < -0.39 is 12.0 Å². The Morgan fingerprint density at radius 1 is 1.32 bits per heavy atom. The Kier molecular flexibility index (Phi) is 4.56. The molecule has 1 aliphatic heterocycles. The van der Waals surface area contributed by atoms with E-state index in [1.165, 1.54) is 5.56 Å². The van der Waals surface area contributed by atoms with Crippen LogP contribution in [0, 0.1) is 0 Å². The third-order valence-corrected chi connectivity index (χ3v) is 3.93. The molecule has 0 bridgehead atoms. The first-order valence-corrected chi connectivity index (χ1v) is 6.93. The van der Waals surface area contributed by atoms with Crippen LogP contribution in [0.15, 0.2) is 24.3 Å². The number of carboxylic acid groups (broad SMARTS) is 1. The van der Waals surface area contributed by atoms with Gasteiger partial charge in [-0.3, -0.25) is 4.79 Å². The Morgan fingerprint density at radius 3 is 2.53 bits per heavy atom. The molecule has 0 saturated carbocycles. The molecule has 1 fully saturated rings. The van der Waals surface area contributed by atoms with E-state index in [1.807, 2.05) is 12.1 Å². The molecular formula is C15H22N2O2. The molecule has 1 aliphatic rings. The van der Waals surface area contributed by atoms with Gasteiger partial charge in [0, 0.05) is 13.1 Å². The van der Waals surface area contributed by atoms with Gasteiger partial charge in [-0.1, -0.05) is 38.1 Å². The van der Waals surface area contributed by atoms with Crippen LogP contribution >= 0.6 is 0 Å². The minimum atomic E-state index is -0.803. The van der Waals surface area contributed by atoms with Crippen molar-refractivity contribution in [3.8, 4) is 0 Å². The molecular weight excluding hydrogens is 240 g/mol. The van der Waals surface area contributed by atoms with Crippen molar-refractivity contribution in [1.82, 2.24) is 10.6 Å². The van der Waals surface area contributed by atoms with E-state index in [-0.39, 0.29) is 6.04 Å². The number of benzene rings is 1. The summed E-state index contributed by atoms with van der Waals surface area (Å²) in [5.74, 6) is -0.259. The van der Waals surface area contributed by atoms with Crippen LogP contribution in [0.3, 0.4) is 0 Å². The molecule has 0 spiro atoms. The second-order valence-electron chi connectivity index (χ2n) is 5.18. The average Bonchev–Trinajstić information content (AvgIpc) is 2.46. The molecule has 1 aromatic rings. The third-order valence-electron chi connectivity index (χ3n) is 3.93. The van der Waals surface area contributed by atoms with Crippen LogP contribution < -0.4 is 10.6 Å². The molecule has 3 unspecified atom stereocenters. The molecule has 3 N–H and O–H groups in total. The minimum absolute atomic E-state index is 0.155. The number of rotatable bonds is 4. The topological polar surface area (TPSA) is 61.4 Å². The Hall–Kier alpha value is -1.39. The Morgan fingerprint density at radius 2 is 1.95 bits per heavy atom. The van der Waals surface area contributed by atoms with Gasteiger partial charge in [0.15, 0.2) is 0 Å². The second-order valence-corrected chi connectivity index (χ2v) is 5.18. The van der Waals surface area contributed by atoms with Crippen LogP contribution in [0.2, 0.25) is 0 Å². The van der Waals surface area contributed by atoms with Crippen molar-refractivity contribution in [1.29, 1.82) is 0 Å². The van der Waals surface area contributed by atoms with Crippen molar-refractivity contribution in [2.75, 3.05) is 13.1 Å². The van der Waals surface area contributed by atoms with Gasteiger partial charge in [-0.15, -0.1) is 0 Å². The second kappa shape index (κ2) is 6.17. The van der Waals surface area contributed by atoms with E-state index in [0.29, 0.717) is 12.5 Å². The molecule has 104 valence electrons. The van der Waals surface area contributed by atoms with Crippen LogP contribution in [0.1, 0.15) is 43.4 Å². The summed E-state index contributed by atoms with van der Waals surface area (Å²) in [6.45, 7) is 5.86. The quantitative estimate of drug-likeness (QED) is 0.775. The number of aliphatic carboxylic acids is 1. The van der Waals surface area contributed by atoms with E-state index in [1.54, 1.807) is 0 Å². The number of piperazine rings is 1. The van der Waals surface area contributed by atoms with Gasteiger partial charge in [-0.2, -0.15) is 0 Å². The maximum atomic E-state index is 11.3. The molecule has 0 radical (unpaired) electrons. The lowest BCUT2D eigenvalue weighted by Gasteiger charge is -2.31. The molecule has 1 saturated heterocycles. The van der Waals surface area contributed by atoms with Crippen molar-refractivity contribution in [2.24, 2.45) is 0 Å². The molecule has 19 heavy (non-hydrogen) atoms. The van der Waals surface area contributed by atoms with Crippen molar-refractivity contribution >= 4 is 5.97 Å². The molecule has 2 rings (SSSR count). The van der Waals surface area contributed by atoms with Gasteiger partial charge in [0.1, 0.15) is 6.04 Å². The predicted octanol–water partition coefficient (Wildman–Crippen LogP) is 1.89. The number of carboxylic acids is 1. The van der Waals surface area contributed by atoms with Crippen LogP contribution in [0.4, 0.5) is 0 Å². The molecule has 4 nitrogen and oxygen atoms in total. The van der Waals surface area contributed by atoms with Gasteiger partial charge in [0.05, 0.1) is 6.04 Å². The van der Waals surface area contributed by atoms with Crippen LogP contribution in [0.5, 0.6) is 0 Å². The Balaban J connectivity index is 2.18. The summed E-state index contributed by atoms with van der Waals surface area (Å²) in [5, 5.41) is 15.6. The first-order chi connectivity index (χ1) is 9.13. The lowest BCUT2D eigenvalue weighted by molar-refractivity contribution is -0.140. The Labute approximate surface area is 114 Å². The first kappa shape index (κ1) is 14.0. The molecule has 1 heterocycles. The zero-order valence-electron chi connectivity index (χ0n) is 11.5. The number of hydrogen-bond donors (Lipinski definition) is 3. The van der Waals surface area contributed by atoms with E-state index in [4.69, 9.17) is 0 Å². The molecule has 1 aromatic carbocycles. The highest BCUT2D eigenvalue weighted by atomic mass is 16.4. The monoisotopic (exact) mass is 262 g/mol. The first-order valence-electron chi connectivity index (χ1n) is 6.93. The fourth-order valence-corrected chi connectivity index (χ4v) is 2.50. The third kappa shape index (κ3) is 3.14. The largest absolute Gasteiger partial charge is 0.480 e. The number of hydrogen-bond acceptors (Lipinski definition) is 3. The predicted molar refractivity (Wildman–Crippen MR) is 75.3 cm³/mol. The van der Waals surface area contributed by atoms with Gasteiger partial charge >= 0.3 is 5.97 Å². The minimum Gasteiger partial charge on any atom is -0.480 e. The SMILES string of the molecule is CCC(C)c1ccc(C2NCCNC2C(=O)O)cc1. The fourth-order valence-electron chi connectivity index (χ4n) is 2.50. The average molecular weight is 262 g/mol. The summed E-state index contributed by atoms with van der Waals surface area (Å²) in [7, 11) is 0. The van der Waals surface area contributed by atoms with Crippen LogP contribution in [-0.2, 0) is 4.79 Å². The van der Waals surface area contributed by atoms with Crippen molar-refractivity contribution in [3.05, 3.63) is 35.4 Å². The van der Waals surface area contributed by atoms with Crippen molar-refractivity contribution in [3.63, 3.8) is 0 Å². The number of nitrogens with one attached hydrogen (secondary N) is 2. The van der Waals surface area contributed by atoms with Gasteiger partial charge in [-0.05, 0) is 23.5 Å². The van der Waals surface area contributed by atoms with Gasteiger partial charge in [0.25, 0.3) is 0 Å². The summed E-state index contributed by atoms with van der Waals surface area (Å²) in [4.78, 5) is 11.3. The van der Waals surface area contributed by atoms with Crippen molar-refractivity contribution < 1.29 is 9.90 Å². The maximum absolute atomic E-state index is 11.3. The lowest BCUT2D eigenvalue weighted by Crippen LogP contribution is -2.54. The Bertz CT molecular complexity index is 430. The van der Waals surface area contributed by atoms with Gasteiger partial charge < -0.3 is 15.7 Å². The fraction of sp³-hybridized carbons (Fsp3) is 0.533. The highest BCUT2D eigenvalue weighted by Gasteiger charge is 2.31. The normalized spacial score (nSPS) is 24.9. The van der Waals surface area contributed by atoms with E-state index in [2.05, 4.69) is 36.6 Å². The molecule has 0 amide bonds. The highest BCUT2D eigenvalue weighted by molar-refractivity contribution is 5.75. The van der Waals surface area contributed by atoms with Crippen LogP contribution in [0.25, 0.3) is 0 Å². The summed E-state index contributed by atoms with van der Waals surface area (Å²) in [5.41, 5.74) is 2.34.